The Hall–Kier alpha value is -0.935. The maximum Gasteiger partial charge on any atom is 0.493 e. The highest BCUT2D eigenvalue weighted by molar-refractivity contribution is 6.59. The zero-order valence-electron chi connectivity index (χ0n) is 10.1. The Kier molecular flexibility index (Phi) is 4.05. The molecule has 1 rings (SSSR count). The Bertz CT molecular complexity index is 340. The largest absolute Gasteiger partial charge is 0.493 e. The molecule has 1 heterocycles. The monoisotopic (exact) mass is 225 g/mol. The Balaban J connectivity index is 2.72. The Morgan fingerprint density at radius 2 is 2.06 bits per heavy atom. The van der Waals surface area contributed by atoms with Crippen LogP contribution >= 0.6 is 0 Å². The van der Waals surface area contributed by atoms with Gasteiger partial charge in [0.05, 0.1) is 5.60 Å². The lowest BCUT2D eigenvalue weighted by molar-refractivity contribution is 0.0423. The van der Waals surface area contributed by atoms with Crippen molar-refractivity contribution in [1.82, 2.24) is 4.98 Å². The predicted octanol–water partition coefficient (Wildman–Crippen LogP) is 1.36. The second kappa shape index (κ2) is 4.93. The van der Waals surface area contributed by atoms with Gasteiger partial charge in [0.25, 0.3) is 0 Å². The minimum atomic E-state index is -1.08. The first-order chi connectivity index (χ1) is 7.33. The van der Waals surface area contributed by atoms with Crippen LogP contribution in [0.3, 0.4) is 0 Å². The van der Waals surface area contributed by atoms with E-state index in [9.17, 15) is 9.41 Å². The first kappa shape index (κ1) is 13.1. The lowest BCUT2D eigenvalue weighted by Gasteiger charge is -2.31. The number of halogens is 1. The van der Waals surface area contributed by atoms with Crippen molar-refractivity contribution in [3.05, 3.63) is 24.3 Å². The summed E-state index contributed by atoms with van der Waals surface area (Å²) in [5.41, 5.74) is 0.00323. The van der Waals surface area contributed by atoms with Crippen LogP contribution in [0.1, 0.15) is 27.7 Å². The molecule has 0 aliphatic heterocycles. The molecule has 0 fully saturated rings. The van der Waals surface area contributed by atoms with Gasteiger partial charge in [-0.2, -0.15) is 4.39 Å². The number of aromatic nitrogens is 1. The van der Waals surface area contributed by atoms with Crippen LogP contribution < -0.4 is 5.46 Å². The van der Waals surface area contributed by atoms with Crippen molar-refractivity contribution in [3.8, 4) is 0 Å². The van der Waals surface area contributed by atoms with Crippen LogP contribution in [0.4, 0.5) is 4.39 Å². The van der Waals surface area contributed by atoms with Gasteiger partial charge >= 0.3 is 7.12 Å². The second-order valence-corrected chi connectivity index (χ2v) is 4.64. The van der Waals surface area contributed by atoms with Crippen LogP contribution in [0, 0.1) is 11.9 Å². The van der Waals surface area contributed by atoms with Crippen molar-refractivity contribution < 1.29 is 14.1 Å². The topological polar surface area (TPSA) is 42.4 Å². The van der Waals surface area contributed by atoms with Crippen molar-refractivity contribution in [2.24, 2.45) is 5.92 Å². The molecule has 0 unspecified atom stereocenters. The first-order valence-electron chi connectivity index (χ1n) is 5.30. The van der Waals surface area contributed by atoms with E-state index in [-0.39, 0.29) is 5.92 Å². The molecule has 0 aliphatic carbocycles. The zero-order valence-corrected chi connectivity index (χ0v) is 10.1. The highest BCUT2D eigenvalue weighted by atomic mass is 19.1. The van der Waals surface area contributed by atoms with E-state index in [0.29, 0.717) is 5.46 Å². The van der Waals surface area contributed by atoms with Crippen molar-refractivity contribution in [1.29, 1.82) is 0 Å². The normalized spacial score (nSPS) is 11.9. The van der Waals surface area contributed by atoms with E-state index in [4.69, 9.17) is 4.65 Å². The van der Waals surface area contributed by atoms with Crippen LogP contribution in [-0.2, 0) is 4.65 Å². The average molecular weight is 225 g/mol. The number of hydrogen-bond donors (Lipinski definition) is 1. The van der Waals surface area contributed by atoms with E-state index in [1.165, 1.54) is 18.3 Å². The third kappa shape index (κ3) is 3.28. The molecule has 0 spiro atoms. The number of hydrogen-bond acceptors (Lipinski definition) is 3. The maximum atomic E-state index is 12.6. The SMILES string of the molecule is CC(C)C(C)(C)OB(O)c1ccc(F)nc1. The molecule has 88 valence electrons. The summed E-state index contributed by atoms with van der Waals surface area (Å²) in [4.78, 5) is 3.47. The smallest absolute Gasteiger partial charge is 0.423 e. The number of pyridine rings is 1. The molecule has 0 amide bonds. The summed E-state index contributed by atoms with van der Waals surface area (Å²) in [6, 6.07) is 2.66. The Morgan fingerprint density at radius 3 is 2.50 bits per heavy atom. The fourth-order valence-electron chi connectivity index (χ4n) is 1.03. The summed E-state index contributed by atoms with van der Waals surface area (Å²) in [5.74, 6) is -0.311. The molecule has 0 bridgehead atoms. The van der Waals surface area contributed by atoms with Crippen molar-refractivity contribution in [3.63, 3.8) is 0 Å². The van der Waals surface area contributed by atoms with Crippen molar-refractivity contribution in [2.45, 2.75) is 33.3 Å². The molecule has 1 aromatic heterocycles. The van der Waals surface area contributed by atoms with Gasteiger partial charge in [0.15, 0.2) is 0 Å². The summed E-state index contributed by atoms with van der Waals surface area (Å²) >= 11 is 0. The van der Waals surface area contributed by atoms with Crippen LogP contribution in [-0.4, -0.2) is 22.7 Å². The van der Waals surface area contributed by atoms with Gasteiger partial charge in [0.2, 0.25) is 5.95 Å². The molecule has 16 heavy (non-hydrogen) atoms. The van der Waals surface area contributed by atoms with Gasteiger partial charge in [-0.15, -0.1) is 0 Å². The minimum Gasteiger partial charge on any atom is -0.423 e. The fourth-order valence-corrected chi connectivity index (χ4v) is 1.03. The van der Waals surface area contributed by atoms with Crippen LogP contribution in [0.2, 0.25) is 0 Å². The van der Waals surface area contributed by atoms with Gasteiger partial charge in [0, 0.05) is 11.7 Å². The summed E-state index contributed by atoms with van der Waals surface area (Å²) in [7, 11) is -1.08. The predicted molar refractivity (Wildman–Crippen MR) is 61.8 cm³/mol. The van der Waals surface area contributed by atoms with Crippen LogP contribution in [0.5, 0.6) is 0 Å². The summed E-state index contributed by atoms with van der Waals surface area (Å²) < 4.78 is 18.1. The third-order valence-electron chi connectivity index (χ3n) is 2.84. The highest BCUT2D eigenvalue weighted by Gasteiger charge is 2.30. The van der Waals surface area contributed by atoms with Gasteiger partial charge in [0.1, 0.15) is 0 Å². The number of rotatable bonds is 4. The summed E-state index contributed by atoms with van der Waals surface area (Å²) in [6.07, 6.45) is 1.27. The molecule has 0 saturated carbocycles. The molecule has 1 N–H and O–H groups in total. The Morgan fingerprint density at radius 1 is 1.44 bits per heavy atom. The maximum absolute atomic E-state index is 12.6. The molecular weight excluding hydrogens is 208 g/mol. The lowest BCUT2D eigenvalue weighted by atomic mass is 9.78. The van der Waals surface area contributed by atoms with Crippen molar-refractivity contribution >= 4 is 12.6 Å². The molecule has 5 heteroatoms. The van der Waals surface area contributed by atoms with Crippen LogP contribution in [0.15, 0.2) is 18.3 Å². The number of nitrogens with zero attached hydrogens (tertiary/aromatic N) is 1. The molecule has 1 aromatic rings. The van der Waals surface area contributed by atoms with E-state index in [0.717, 1.165) is 0 Å². The fraction of sp³-hybridized carbons (Fsp3) is 0.545. The molecule has 0 aliphatic rings. The zero-order chi connectivity index (χ0) is 12.3. The quantitative estimate of drug-likeness (QED) is 0.621. The standard InChI is InChI=1S/C11H17BFNO2/c1-8(2)11(3,4)16-12(15)9-5-6-10(13)14-7-9/h5-8,15H,1-4H3. The van der Waals surface area contributed by atoms with E-state index < -0.39 is 18.7 Å². The highest BCUT2D eigenvalue weighted by Crippen LogP contribution is 2.20. The molecule has 0 radical (unpaired) electrons. The molecule has 0 aromatic carbocycles. The average Bonchev–Trinajstić information content (AvgIpc) is 2.17. The summed E-state index contributed by atoms with van der Waals surface area (Å²) in [5, 5.41) is 9.81. The van der Waals surface area contributed by atoms with E-state index in [1.54, 1.807) is 0 Å². The van der Waals surface area contributed by atoms with Gasteiger partial charge in [-0.05, 0) is 25.8 Å². The van der Waals surface area contributed by atoms with E-state index in [1.807, 2.05) is 27.7 Å². The molecular formula is C11H17BFNO2. The van der Waals surface area contributed by atoms with Gasteiger partial charge in [-0.1, -0.05) is 19.9 Å². The third-order valence-corrected chi connectivity index (χ3v) is 2.84. The molecule has 3 nitrogen and oxygen atoms in total. The van der Waals surface area contributed by atoms with Crippen molar-refractivity contribution in [2.75, 3.05) is 0 Å². The molecule has 0 saturated heterocycles. The van der Waals surface area contributed by atoms with Gasteiger partial charge in [-0.3, -0.25) is 0 Å². The first-order valence-corrected chi connectivity index (χ1v) is 5.30. The van der Waals surface area contributed by atoms with Gasteiger partial charge in [-0.25, -0.2) is 4.98 Å². The van der Waals surface area contributed by atoms with Gasteiger partial charge < -0.3 is 9.68 Å². The second-order valence-electron chi connectivity index (χ2n) is 4.64. The summed E-state index contributed by atoms with van der Waals surface area (Å²) in [6.45, 7) is 7.82. The Labute approximate surface area is 95.8 Å². The lowest BCUT2D eigenvalue weighted by Crippen LogP contribution is -2.44. The molecule has 0 atom stereocenters. The minimum absolute atomic E-state index is 0.260. The van der Waals surface area contributed by atoms with E-state index in [2.05, 4.69) is 4.98 Å². The van der Waals surface area contributed by atoms with Crippen LogP contribution in [0.25, 0.3) is 0 Å². The van der Waals surface area contributed by atoms with E-state index >= 15 is 0 Å².